The second-order valence-corrected chi connectivity index (χ2v) is 6.41. The highest BCUT2D eigenvalue weighted by Gasteiger charge is 2.31. The van der Waals surface area contributed by atoms with Gasteiger partial charge < -0.3 is 10.2 Å². The molecule has 0 saturated heterocycles. The van der Waals surface area contributed by atoms with Gasteiger partial charge in [0.15, 0.2) is 11.0 Å². The fourth-order valence-corrected chi connectivity index (χ4v) is 3.20. The normalized spacial score (nSPS) is 13.1. The van der Waals surface area contributed by atoms with Gasteiger partial charge in [0, 0.05) is 11.1 Å². The fraction of sp³-hybridized carbons (Fsp3) is 0.200. The molecule has 0 saturated carbocycles. The van der Waals surface area contributed by atoms with Gasteiger partial charge in [0.25, 0.3) is 0 Å². The molecule has 0 aliphatic heterocycles. The van der Waals surface area contributed by atoms with E-state index >= 15 is 0 Å². The van der Waals surface area contributed by atoms with Crippen LogP contribution < -0.4 is 5.30 Å². The van der Waals surface area contributed by atoms with Crippen LogP contribution in [0, 0.1) is 0 Å². The molecule has 0 fully saturated rings. The maximum atomic E-state index is 12.4. The summed E-state index contributed by atoms with van der Waals surface area (Å²) in [4.78, 5) is 0. The van der Waals surface area contributed by atoms with E-state index in [2.05, 4.69) is 0 Å². The minimum Gasteiger partial charge on any atom is -0.507 e. The van der Waals surface area contributed by atoms with Gasteiger partial charge in [-0.25, -0.2) is 0 Å². The van der Waals surface area contributed by atoms with Crippen molar-refractivity contribution in [3.63, 3.8) is 0 Å². The number of rotatable bonds is 4. The topological polar surface area (TPSA) is 57.5 Å². The SMILES string of the molecule is CC(CO)[P+](=O)c1ccccc1-c1ccccc1O. The molecule has 2 N–H and O–H groups in total. The summed E-state index contributed by atoms with van der Waals surface area (Å²) in [5.41, 5.74) is 1.11. The highest BCUT2D eigenvalue weighted by molar-refractivity contribution is 7.54. The first kappa shape index (κ1) is 13.7. The third-order valence-electron chi connectivity index (χ3n) is 3.00. The smallest absolute Gasteiger partial charge is 0.382 e. The minimum absolute atomic E-state index is 0.121. The predicted octanol–water partition coefficient (Wildman–Crippen LogP) is 2.89. The molecule has 2 rings (SSSR count). The van der Waals surface area contributed by atoms with Gasteiger partial charge in [0.05, 0.1) is 6.61 Å². The maximum absolute atomic E-state index is 12.4. The maximum Gasteiger partial charge on any atom is 0.382 e. The largest absolute Gasteiger partial charge is 0.507 e. The van der Waals surface area contributed by atoms with Gasteiger partial charge in [-0.05, 0) is 25.1 Å². The molecule has 0 spiro atoms. The van der Waals surface area contributed by atoms with E-state index in [9.17, 15) is 9.67 Å². The summed E-state index contributed by atoms with van der Waals surface area (Å²) < 4.78 is 12.4. The third-order valence-corrected chi connectivity index (χ3v) is 4.83. The molecular weight excluding hydrogens is 259 g/mol. The average molecular weight is 275 g/mol. The van der Waals surface area contributed by atoms with Crippen LogP contribution in [0.4, 0.5) is 0 Å². The van der Waals surface area contributed by atoms with Crippen molar-refractivity contribution in [3.8, 4) is 16.9 Å². The summed E-state index contributed by atoms with van der Waals surface area (Å²) in [7, 11) is -1.70. The molecule has 3 nitrogen and oxygen atoms in total. The predicted molar refractivity (Wildman–Crippen MR) is 77.3 cm³/mol. The molecule has 0 amide bonds. The second-order valence-electron chi connectivity index (χ2n) is 4.39. The van der Waals surface area contributed by atoms with Gasteiger partial charge in [0.1, 0.15) is 5.75 Å². The number of phenols is 1. The Morgan fingerprint density at radius 2 is 1.63 bits per heavy atom. The van der Waals surface area contributed by atoms with Crippen molar-refractivity contribution in [1.29, 1.82) is 0 Å². The number of aromatic hydroxyl groups is 1. The summed E-state index contributed by atoms with van der Waals surface area (Å²) in [6.45, 7) is 1.63. The molecule has 4 heteroatoms. The zero-order valence-corrected chi connectivity index (χ0v) is 11.5. The molecule has 0 heterocycles. The van der Waals surface area contributed by atoms with E-state index in [0.717, 1.165) is 5.56 Å². The van der Waals surface area contributed by atoms with Crippen molar-refractivity contribution in [2.75, 3.05) is 6.61 Å². The number of aliphatic hydroxyl groups excluding tert-OH is 1. The number of para-hydroxylation sites is 1. The Balaban J connectivity index is 2.54. The molecule has 0 radical (unpaired) electrons. The van der Waals surface area contributed by atoms with Gasteiger partial charge in [-0.2, -0.15) is 0 Å². The first-order valence-corrected chi connectivity index (χ1v) is 7.42. The lowest BCUT2D eigenvalue weighted by atomic mass is 10.0. The Hall–Kier alpha value is -1.70. The lowest BCUT2D eigenvalue weighted by Gasteiger charge is -2.06. The van der Waals surface area contributed by atoms with E-state index < -0.39 is 7.80 Å². The molecule has 0 aliphatic rings. The van der Waals surface area contributed by atoms with Crippen LogP contribution in [0.25, 0.3) is 11.1 Å². The number of hydrogen-bond donors (Lipinski definition) is 2. The highest BCUT2D eigenvalue weighted by Crippen LogP contribution is 2.35. The summed E-state index contributed by atoms with van der Waals surface area (Å²) in [6, 6.07) is 14.3. The molecule has 0 aliphatic carbocycles. The number of aliphatic hydroxyl groups is 1. The van der Waals surface area contributed by atoms with Crippen LogP contribution in [0.2, 0.25) is 0 Å². The van der Waals surface area contributed by atoms with E-state index in [1.54, 1.807) is 31.2 Å². The van der Waals surface area contributed by atoms with Crippen molar-refractivity contribution in [2.45, 2.75) is 12.6 Å². The molecule has 0 aromatic heterocycles. The summed E-state index contributed by atoms with van der Waals surface area (Å²) >= 11 is 0. The van der Waals surface area contributed by atoms with Crippen LogP contribution in [0.1, 0.15) is 6.92 Å². The first-order valence-electron chi connectivity index (χ1n) is 6.09. The molecule has 19 heavy (non-hydrogen) atoms. The van der Waals surface area contributed by atoms with Gasteiger partial charge in [-0.3, -0.25) is 0 Å². The molecule has 98 valence electrons. The second kappa shape index (κ2) is 5.96. The van der Waals surface area contributed by atoms with Gasteiger partial charge >= 0.3 is 7.80 Å². The van der Waals surface area contributed by atoms with Crippen LogP contribution in [-0.2, 0) is 4.57 Å². The Morgan fingerprint density at radius 3 is 2.26 bits per heavy atom. The van der Waals surface area contributed by atoms with E-state index in [1.807, 2.05) is 24.3 Å². The van der Waals surface area contributed by atoms with E-state index in [4.69, 9.17) is 5.11 Å². The van der Waals surface area contributed by atoms with Crippen LogP contribution >= 0.6 is 7.80 Å². The number of phenolic OH excluding ortho intramolecular Hbond substituents is 1. The van der Waals surface area contributed by atoms with Crippen molar-refractivity contribution in [3.05, 3.63) is 48.5 Å². The highest BCUT2D eigenvalue weighted by atomic mass is 31.1. The lowest BCUT2D eigenvalue weighted by Crippen LogP contribution is -2.11. The minimum atomic E-state index is -1.70. The Bertz CT molecular complexity index is 595. The first-order chi connectivity index (χ1) is 9.15. The van der Waals surface area contributed by atoms with Crippen molar-refractivity contribution in [2.24, 2.45) is 0 Å². The molecule has 2 atom stereocenters. The number of hydrogen-bond acceptors (Lipinski definition) is 3. The molecular formula is C15H16O3P+. The van der Waals surface area contributed by atoms with Crippen molar-refractivity contribution in [1.82, 2.24) is 0 Å². The van der Waals surface area contributed by atoms with Crippen LogP contribution in [0.15, 0.2) is 48.5 Å². The van der Waals surface area contributed by atoms with E-state index in [-0.39, 0.29) is 18.0 Å². The monoisotopic (exact) mass is 275 g/mol. The molecule has 2 aromatic rings. The Morgan fingerprint density at radius 1 is 1.05 bits per heavy atom. The lowest BCUT2D eigenvalue weighted by molar-refractivity contribution is 0.297. The fourth-order valence-electron chi connectivity index (χ4n) is 1.91. The van der Waals surface area contributed by atoms with Crippen LogP contribution in [0.3, 0.4) is 0 Å². The van der Waals surface area contributed by atoms with E-state index in [1.165, 1.54) is 0 Å². The van der Waals surface area contributed by atoms with Gasteiger partial charge in [-0.15, -0.1) is 0 Å². The van der Waals surface area contributed by atoms with Gasteiger partial charge in [0.2, 0.25) is 0 Å². The summed E-state index contributed by atoms with van der Waals surface area (Å²) in [6.07, 6.45) is 0. The van der Waals surface area contributed by atoms with Crippen molar-refractivity contribution < 1.29 is 14.8 Å². The summed E-state index contributed by atoms with van der Waals surface area (Å²) in [5.74, 6) is 0.162. The van der Waals surface area contributed by atoms with Crippen LogP contribution in [0.5, 0.6) is 5.75 Å². The van der Waals surface area contributed by atoms with Gasteiger partial charge in [-0.1, -0.05) is 34.9 Å². The molecule has 2 aromatic carbocycles. The average Bonchev–Trinajstić information content (AvgIpc) is 2.46. The van der Waals surface area contributed by atoms with Crippen LogP contribution in [-0.4, -0.2) is 22.5 Å². The zero-order valence-electron chi connectivity index (χ0n) is 10.7. The summed E-state index contributed by atoms with van der Waals surface area (Å²) in [5, 5.41) is 19.7. The Kier molecular flexibility index (Phi) is 4.31. The number of benzene rings is 2. The zero-order chi connectivity index (χ0) is 13.8. The molecule has 2 unspecified atom stereocenters. The third kappa shape index (κ3) is 2.83. The Labute approximate surface area is 113 Å². The van der Waals surface area contributed by atoms with Crippen molar-refractivity contribution >= 4 is 13.1 Å². The standard InChI is InChI=1S/C15H15O3P/c1-11(10-16)19(18)15-9-5-3-7-13(15)12-6-2-4-8-14(12)17/h2-9,11,16H,10H2,1H3/p+1. The van der Waals surface area contributed by atoms with E-state index in [0.29, 0.717) is 10.9 Å². The quantitative estimate of drug-likeness (QED) is 0.843. The molecule has 0 bridgehead atoms.